The minimum Gasteiger partial charge on any atom is -0.444 e. The lowest BCUT2D eigenvalue weighted by Crippen LogP contribution is -2.57. The van der Waals surface area contributed by atoms with Crippen LogP contribution in [0.4, 0.5) is 4.79 Å². The molecule has 4 aliphatic rings. The standard InChI is InChI=1S/C35H45N3O6/c1-34(2,3)44-33(43)37-18-23-9-7-6-8-21(23)15-29(37)30(40)19-36-20-35(4,5)28-14-22(10-13-27(28)32(36)42)31(41)38-24-11-12-25(38)17-26(39)16-24/h6-10,13-14,24-26,29-30,39-40H,11-12,15-20H2,1-5H3/t24-,25+,26?,29-,30?/m0/s1. The van der Waals surface area contributed by atoms with E-state index in [-0.39, 0.29) is 36.5 Å². The van der Waals surface area contributed by atoms with Crippen LogP contribution in [0.25, 0.3) is 0 Å². The lowest BCUT2D eigenvalue weighted by atomic mass is 9.77. The molecule has 0 radical (unpaired) electrons. The van der Waals surface area contributed by atoms with Crippen molar-refractivity contribution in [3.8, 4) is 0 Å². The molecule has 3 amide bonds. The number of hydrogen-bond donors (Lipinski definition) is 2. The highest BCUT2D eigenvalue weighted by molar-refractivity contribution is 6.00. The van der Waals surface area contributed by atoms with Crippen LogP contribution < -0.4 is 0 Å². The minimum absolute atomic E-state index is 0.0342. The average Bonchev–Trinajstić information content (AvgIpc) is 3.23. The zero-order chi connectivity index (χ0) is 31.6. The third-order valence-electron chi connectivity index (χ3n) is 9.81. The molecular formula is C35H45N3O6. The van der Waals surface area contributed by atoms with Gasteiger partial charge in [0.1, 0.15) is 5.60 Å². The smallest absolute Gasteiger partial charge is 0.410 e. The number of fused-ring (bicyclic) bond motifs is 4. The molecule has 2 aromatic rings. The molecule has 0 aliphatic carbocycles. The third-order valence-corrected chi connectivity index (χ3v) is 9.81. The number of carbonyl (C=O) groups excluding carboxylic acids is 3. The van der Waals surface area contributed by atoms with E-state index >= 15 is 0 Å². The Morgan fingerprint density at radius 2 is 1.70 bits per heavy atom. The zero-order valence-electron chi connectivity index (χ0n) is 26.5. The fraction of sp³-hybridized carbons (Fsp3) is 0.571. The number of benzene rings is 2. The van der Waals surface area contributed by atoms with Crippen LogP contribution >= 0.6 is 0 Å². The molecule has 44 heavy (non-hydrogen) atoms. The highest BCUT2D eigenvalue weighted by Crippen LogP contribution is 2.39. The summed E-state index contributed by atoms with van der Waals surface area (Å²) in [6, 6.07) is 12.8. The summed E-state index contributed by atoms with van der Waals surface area (Å²) in [6.07, 6.45) is 1.69. The maximum Gasteiger partial charge on any atom is 0.410 e. The van der Waals surface area contributed by atoms with Gasteiger partial charge in [0.15, 0.2) is 0 Å². The highest BCUT2D eigenvalue weighted by atomic mass is 16.6. The zero-order valence-corrected chi connectivity index (χ0v) is 26.5. The van der Waals surface area contributed by atoms with Gasteiger partial charge in [-0.25, -0.2) is 4.79 Å². The quantitative estimate of drug-likeness (QED) is 0.540. The van der Waals surface area contributed by atoms with Crippen molar-refractivity contribution in [2.45, 2.75) is 115 Å². The molecule has 9 heteroatoms. The molecule has 9 nitrogen and oxygen atoms in total. The van der Waals surface area contributed by atoms with Crippen molar-refractivity contribution in [3.63, 3.8) is 0 Å². The number of rotatable bonds is 4. The number of piperidine rings is 1. The Hall–Kier alpha value is -3.43. The molecule has 2 saturated heterocycles. The van der Waals surface area contributed by atoms with Crippen molar-refractivity contribution in [3.05, 3.63) is 70.3 Å². The fourth-order valence-corrected chi connectivity index (χ4v) is 7.76. The van der Waals surface area contributed by atoms with Gasteiger partial charge in [0.25, 0.3) is 11.8 Å². The van der Waals surface area contributed by atoms with Crippen LogP contribution in [0, 0.1) is 0 Å². The number of amides is 3. The van der Waals surface area contributed by atoms with Gasteiger partial charge < -0.3 is 24.7 Å². The fourth-order valence-electron chi connectivity index (χ4n) is 7.76. The number of nitrogens with zero attached hydrogens (tertiary/aromatic N) is 3. The van der Waals surface area contributed by atoms with E-state index in [0.717, 1.165) is 29.5 Å². The molecule has 0 spiro atoms. The SMILES string of the molecule is CC(C)(C)OC(=O)N1Cc2ccccc2C[C@H]1C(O)CN1CC(C)(C)c2cc(C(=O)N3[C@@H]4CC[C@H]3CC(O)C4)ccc2C1=O. The molecule has 2 fully saturated rings. The minimum atomic E-state index is -0.997. The van der Waals surface area contributed by atoms with Gasteiger partial charge in [0.05, 0.1) is 18.2 Å². The summed E-state index contributed by atoms with van der Waals surface area (Å²) in [5.74, 6) is -0.230. The van der Waals surface area contributed by atoms with Gasteiger partial charge in [0, 0.05) is 48.3 Å². The predicted molar refractivity (Wildman–Crippen MR) is 165 cm³/mol. The van der Waals surface area contributed by atoms with Gasteiger partial charge >= 0.3 is 6.09 Å². The van der Waals surface area contributed by atoms with Gasteiger partial charge in [-0.2, -0.15) is 0 Å². The second-order valence-electron chi connectivity index (χ2n) is 14.8. The Balaban J connectivity index is 1.22. The Bertz CT molecular complexity index is 1450. The second kappa shape index (κ2) is 11.2. The number of hydrogen-bond acceptors (Lipinski definition) is 6. The monoisotopic (exact) mass is 603 g/mol. The Labute approximate surface area is 259 Å². The first-order valence-corrected chi connectivity index (χ1v) is 15.9. The first kappa shape index (κ1) is 30.6. The largest absolute Gasteiger partial charge is 0.444 e. The van der Waals surface area contributed by atoms with Crippen LogP contribution in [0.5, 0.6) is 0 Å². The highest BCUT2D eigenvalue weighted by Gasteiger charge is 2.45. The van der Waals surface area contributed by atoms with E-state index in [4.69, 9.17) is 4.74 Å². The van der Waals surface area contributed by atoms with Crippen molar-refractivity contribution in [1.82, 2.24) is 14.7 Å². The summed E-state index contributed by atoms with van der Waals surface area (Å²) >= 11 is 0. The van der Waals surface area contributed by atoms with Crippen LogP contribution in [0.2, 0.25) is 0 Å². The van der Waals surface area contributed by atoms with Crippen LogP contribution in [0.3, 0.4) is 0 Å². The molecular weight excluding hydrogens is 558 g/mol. The molecule has 0 aromatic heterocycles. The van der Waals surface area contributed by atoms with E-state index in [9.17, 15) is 24.6 Å². The number of aliphatic hydroxyl groups is 2. The van der Waals surface area contributed by atoms with E-state index < -0.39 is 29.3 Å². The third kappa shape index (κ3) is 5.72. The first-order valence-electron chi connectivity index (χ1n) is 15.9. The normalized spacial score (nSPS) is 26.6. The summed E-state index contributed by atoms with van der Waals surface area (Å²) in [6.45, 7) is 10.3. The van der Waals surface area contributed by atoms with Gasteiger partial charge in [-0.05, 0) is 87.8 Å². The van der Waals surface area contributed by atoms with Crippen molar-refractivity contribution >= 4 is 17.9 Å². The summed E-state index contributed by atoms with van der Waals surface area (Å²) in [5.41, 5.74) is 2.85. The van der Waals surface area contributed by atoms with E-state index in [1.165, 1.54) is 0 Å². The summed E-state index contributed by atoms with van der Waals surface area (Å²) < 4.78 is 5.71. The number of aliphatic hydroxyl groups excluding tert-OH is 2. The van der Waals surface area contributed by atoms with Crippen molar-refractivity contribution in [2.24, 2.45) is 0 Å². The number of carbonyl (C=O) groups is 3. The summed E-state index contributed by atoms with van der Waals surface area (Å²) in [7, 11) is 0. The Morgan fingerprint density at radius 1 is 1.05 bits per heavy atom. The van der Waals surface area contributed by atoms with E-state index in [1.807, 2.05) is 56.0 Å². The molecule has 5 atom stereocenters. The van der Waals surface area contributed by atoms with E-state index in [0.29, 0.717) is 43.5 Å². The Morgan fingerprint density at radius 3 is 2.36 bits per heavy atom. The van der Waals surface area contributed by atoms with Crippen molar-refractivity contribution in [2.75, 3.05) is 13.1 Å². The summed E-state index contributed by atoms with van der Waals surface area (Å²) in [4.78, 5) is 46.0. The first-order chi connectivity index (χ1) is 20.7. The maximum atomic E-state index is 13.8. The van der Waals surface area contributed by atoms with Crippen molar-refractivity contribution in [1.29, 1.82) is 0 Å². The molecule has 4 aliphatic heterocycles. The molecule has 0 saturated carbocycles. The maximum absolute atomic E-state index is 13.8. The Kier molecular flexibility index (Phi) is 7.77. The lowest BCUT2D eigenvalue weighted by Gasteiger charge is -2.44. The number of β-amino-alcohol motifs (C(OH)–C–C–N with tert-alkyl or cyclic N) is 1. The average molecular weight is 604 g/mol. The van der Waals surface area contributed by atoms with Gasteiger partial charge in [-0.3, -0.25) is 14.5 Å². The predicted octanol–water partition coefficient (Wildman–Crippen LogP) is 4.27. The van der Waals surface area contributed by atoms with Gasteiger partial charge in [0.2, 0.25) is 0 Å². The van der Waals surface area contributed by atoms with E-state index in [2.05, 4.69) is 13.8 Å². The molecule has 2 aromatic carbocycles. The molecule has 2 unspecified atom stereocenters. The molecule has 236 valence electrons. The topological polar surface area (TPSA) is 111 Å². The molecule has 2 N–H and O–H groups in total. The van der Waals surface area contributed by atoms with Crippen LogP contribution in [0.1, 0.15) is 97.7 Å². The number of ether oxygens (including phenoxy) is 1. The van der Waals surface area contributed by atoms with Crippen LogP contribution in [-0.4, -0.2) is 91.8 Å². The molecule has 2 bridgehead atoms. The second-order valence-corrected chi connectivity index (χ2v) is 14.8. The van der Waals surface area contributed by atoms with Crippen LogP contribution in [-0.2, 0) is 23.1 Å². The summed E-state index contributed by atoms with van der Waals surface area (Å²) in [5, 5.41) is 21.8. The van der Waals surface area contributed by atoms with Gasteiger partial charge in [-0.1, -0.05) is 38.1 Å². The van der Waals surface area contributed by atoms with Gasteiger partial charge in [-0.15, -0.1) is 0 Å². The molecule has 6 rings (SSSR count). The van der Waals surface area contributed by atoms with Crippen molar-refractivity contribution < 1.29 is 29.3 Å². The van der Waals surface area contributed by atoms with E-state index in [1.54, 1.807) is 21.9 Å². The molecule has 4 heterocycles. The lowest BCUT2D eigenvalue weighted by molar-refractivity contribution is -0.0193. The van der Waals surface area contributed by atoms with Crippen LogP contribution in [0.15, 0.2) is 42.5 Å².